The summed E-state index contributed by atoms with van der Waals surface area (Å²) in [6, 6.07) is 11.5. The number of hydrazone groups is 2. The minimum atomic E-state index is -5.43. The van der Waals surface area contributed by atoms with Gasteiger partial charge in [-0.25, -0.2) is 33.7 Å². The van der Waals surface area contributed by atoms with Crippen molar-refractivity contribution in [2.24, 2.45) is 10.2 Å². The fraction of sp³-hybridized carbons (Fsp3) is 0.0588. The van der Waals surface area contributed by atoms with Gasteiger partial charge in [-0.1, -0.05) is 12.1 Å². The van der Waals surface area contributed by atoms with Crippen LogP contribution in [0.1, 0.15) is 31.8 Å². The van der Waals surface area contributed by atoms with Crippen molar-refractivity contribution in [3.8, 4) is 22.6 Å². The molecule has 6 N–H and O–H groups in total. The Balaban J connectivity index is 0.00000352. The van der Waals surface area contributed by atoms with E-state index in [0.717, 1.165) is 0 Å². The molecule has 0 saturated carbocycles. The van der Waals surface area contributed by atoms with Gasteiger partial charge in [-0.05, 0) is 82.9 Å². The third-order valence-corrected chi connectivity index (χ3v) is 12.0. The second kappa shape index (κ2) is 21.6. The molecule has 2 aliphatic carbocycles. The number of benzene rings is 4. The first-order chi connectivity index (χ1) is 27.8. The Kier molecular flexibility index (Phi) is 19.5. The molecule has 0 unspecified atom stereocenters. The fourth-order valence-electron chi connectivity index (χ4n) is 5.99. The molecule has 2 aliphatic rings. The van der Waals surface area contributed by atoms with Crippen molar-refractivity contribution in [2.45, 2.75) is 9.79 Å². The maximum absolute atomic E-state index is 13.4. The number of hydrogen-bond acceptors (Lipinski definition) is 22. The van der Waals surface area contributed by atoms with E-state index in [2.05, 4.69) is 21.1 Å². The van der Waals surface area contributed by atoms with Crippen LogP contribution >= 0.6 is 0 Å². The Morgan fingerprint density at radius 1 is 0.516 bits per heavy atom. The second-order valence-electron chi connectivity index (χ2n) is 12.4. The van der Waals surface area contributed by atoms with Crippen LogP contribution in [0.2, 0.25) is 0 Å². The van der Waals surface area contributed by atoms with Crippen LogP contribution < -0.4 is 150 Å². The van der Waals surface area contributed by atoms with Gasteiger partial charge in [-0.2, -0.15) is 10.2 Å². The molecule has 0 amide bonds. The van der Waals surface area contributed by atoms with E-state index in [1.165, 1.54) is 50.6 Å². The van der Waals surface area contributed by atoms with Crippen LogP contribution in [-0.2, 0) is 40.5 Å². The van der Waals surface area contributed by atoms with E-state index in [1.807, 2.05) is 0 Å². The first kappa shape index (κ1) is 57.6. The summed E-state index contributed by atoms with van der Waals surface area (Å²) >= 11 is 0. The topological polar surface area (TPSA) is 382 Å². The Morgan fingerprint density at radius 3 is 1.12 bits per heavy atom. The largest absolute Gasteiger partial charge is 1.00 e. The maximum Gasteiger partial charge on any atom is 1.00 e. The number of anilines is 4. The van der Waals surface area contributed by atoms with Crippen molar-refractivity contribution >= 4 is 98.4 Å². The number of nitrogens with one attached hydrogen (secondary N) is 2. The number of nitrogens with zero attached hydrogens (tertiary/aromatic N) is 2. The van der Waals surface area contributed by atoms with Crippen molar-refractivity contribution in [2.75, 3.05) is 36.5 Å². The van der Waals surface area contributed by atoms with E-state index in [-0.39, 0.29) is 141 Å². The maximum atomic E-state index is 13.4. The summed E-state index contributed by atoms with van der Waals surface area (Å²) in [5, 5.41) is 7.69. The van der Waals surface area contributed by atoms with Crippen LogP contribution in [0.25, 0.3) is 23.3 Å². The van der Waals surface area contributed by atoms with Gasteiger partial charge in [0.1, 0.15) is 63.4 Å². The van der Waals surface area contributed by atoms with E-state index in [0.29, 0.717) is 47.5 Å². The summed E-state index contributed by atoms with van der Waals surface area (Å²) in [6.07, 6.45) is 1.32. The van der Waals surface area contributed by atoms with Gasteiger partial charge in [-0.15, -0.1) is 0 Å². The molecule has 0 spiro atoms. The number of rotatable bonds is 11. The van der Waals surface area contributed by atoms with Crippen LogP contribution in [0.15, 0.2) is 90.5 Å². The zero-order valence-corrected chi connectivity index (χ0v) is 45.4. The molecule has 0 saturated heterocycles. The number of ketones is 2. The molecule has 6 rings (SSSR count). The van der Waals surface area contributed by atoms with Crippen molar-refractivity contribution < 1.29 is 189 Å². The number of carbonyl (C=O) groups is 2. The standard InChI is InChI=1S/C34H28N6O16S4.4Na/c1-55-25-9-15(3-5-23(25)37-39-31-27(59(49,50)51)11-17-7-19(57(43,44)45)13-21(35)29(17)33(31)41)16-4-6-24(26(10-16)56-2)38-40-32-28(60(52,53)54)12-18-8-20(58(46,47)48)14-22(36)30(18)34(32)42;;;;/h3-14,37-38H,35-36H2,1-2H3,(H,43,44,45)(H,46,47,48)(H,49,50,51)(H,52,53,54);;;;/q;4*+1/p-4/b39-31+,40-32+;;;;. The number of methoxy groups -OCH3 is 2. The van der Waals surface area contributed by atoms with Gasteiger partial charge in [0.15, 0.2) is 0 Å². The smallest absolute Gasteiger partial charge is 0.744 e. The molecule has 64 heavy (non-hydrogen) atoms. The van der Waals surface area contributed by atoms with Crippen LogP contribution in [-0.4, -0.2) is 89.1 Å². The minimum absolute atomic E-state index is 0. The number of ether oxygens (including phenoxy) is 2. The Labute approximate surface area is 453 Å². The average molecular weight is 993 g/mol. The number of fused-ring (bicyclic) bond motifs is 2. The van der Waals surface area contributed by atoms with Gasteiger partial charge in [0.05, 0.1) is 56.3 Å². The van der Waals surface area contributed by atoms with E-state index in [9.17, 15) is 61.5 Å². The predicted octanol–water partition coefficient (Wildman–Crippen LogP) is -10.5. The summed E-state index contributed by atoms with van der Waals surface area (Å²) < 4.78 is 153. The molecule has 0 aromatic heterocycles. The minimum Gasteiger partial charge on any atom is -0.744 e. The number of Topliss-reactive ketones (excluding diaryl/α,β-unsaturated/α-hetero) is 2. The molecular weight excluding hydrogens is 969 g/mol. The molecule has 0 fully saturated rings. The van der Waals surface area contributed by atoms with Crippen LogP contribution in [0.4, 0.5) is 22.7 Å². The molecule has 4 aromatic carbocycles. The molecule has 0 heterocycles. The summed E-state index contributed by atoms with van der Waals surface area (Å²) in [5.74, 6) is -2.25. The van der Waals surface area contributed by atoms with Crippen LogP contribution in [0.3, 0.4) is 0 Å². The van der Waals surface area contributed by atoms with Gasteiger partial charge >= 0.3 is 118 Å². The Hall–Kier alpha value is -2.52. The number of allylic oxidation sites excluding steroid dienone is 2. The van der Waals surface area contributed by atoms with E-state index >= 15 is 0 Å². The van der Waals surface area contributed by atoms with Gasteiger partial charge in [0, 0.05) is 11.4 Å². The molecule has 30 heteroatoms. The molecule has 0 radical (unpaired) electrons. The van der Waals surface area contributed by atoms with Gasteiger partial charge in [-0.3, -0.25) is 20.4 Å². The molecule has 314 valence electrons. The second-order valence-corrected chi connectivity index (χ2v) is 17.9. The summed E-state index contributed by atoms with van der Waals surface area (Å²) in [4.78, 5) is 22.8. The number of nitrogens with two attached hydrogens (primary N) is 2. The van der Waals surface area contributed by atoms with Crippen molar-refractivity contribution in [1.29, 1.82) is 0 Å². The van der Waals surface area contributed by atoms with Gasteiger partial charge in [0.2, 0.25) is 11.6 Å². The van der Waals surface area contributed by atoms with Crippen molar-refractivity contribution in [1.82, 2.24) is 0 Å². The first-order valence-corrected chi connectivity index (χ1v) is 21.7. The van der Waals surface area contributed by atoms with Crippen molar-refractivity contribution in [3.05, 3.63) is 92.7 Å². The Bertz CT molecular complexity index is 2990. The van der Waals surface area contributed by atoms with Crippen LogP contribution in [0, 0.1) is 0 Å². The molecule has 22 nitrogen and oxygen atoms in total. The number of hydrogen-bond donors (Lipinski definition) is 4. The molecule has 0 aliphatic heterocycles. The first-order valence-electron chi connectivity index (χ1n) is 16.1. The zero-order chi connectivity index (χ0) is 44.3. The number of carbonyl (C=O) groups excluding carboxylic acids is 2. The Morgan fingerprint density at radius 2 is 0.844 bits per heavy atom. The van der Waals surface area contributed by atoms with E-state index < -0.39 is 117 Å². The van der Waals surface area contributed by atoms with Crippen LogP contribution in [0.5, 0.6) is 11.5 Å². The average Bonchev–Trinajstić information content (AvgIpc) is 3.14. The zero-order valence-electron chi connectivity index (χ0n) is 34.1. The summed E-state index contributed by atoms with van der Waals surface area (Å²) in [7, 11) is -18.5. The van der Waals surface area contributed by atoms with Crippen molar-refractivity contribution in [3.63, 3.8) is 0 Å². The predicted molar refractivity (Wildman–Crippen MR) is 209 cm³/mol. The third-order valence-electron chi connectivity index (χ3n) is 8.70. The van der Waals surface area contributed by atoms with Gasteiger partial charge < -0.3 is 39.2 Å². The van der Waals surface area contributed by atoms with Gasteiger partial charge in [0.25, 0.3) is 0 Å². The quantitative estimate of drug-likeness (QED) is 0.0469. The fourth-order valence-corrected chi connectivity index (χ4v) is 8.37. The third kappa shape index (κ3) is 12.1. The normalized spacial score (nSPS) is 14.8. The molecular formula is C34H24N6Na4O16S4. The molecule has 0 bridgehead atoms. The molecule has 4 aromatic rings. The number of nitrogen functional groups attached to an aromatic ring is 2. The molecule has 0 atom stereocenters. The van der Waals surface area contributed by atoms with E-state index in [4.69, 9.17) is 20.9 Å². The monoisotopic (exact) mass is 992 g/mol. The van der Waals surface area contributed by atoms with E-state index in [1.54, 1.807) is 0 Å². The summed E-state index contributed by atoms with van der Waals surface area (Å²) in [5.41, 5.74) is 13.1. The SMILES string of the molecule is COc1cc(-c2ccc(N/N=C3/C(=O)c4c(N)cc(S(=O)(=O)[O-])cc4C=C3S(=O)(=O)[O-])c(OC)c2)ccc1N/N=C1/C(=O)c2c(N)cc(S(=O)(=O)[O-])cc2C=C1S(=O)(=O)[O-].[Na+].[Na+].[Na+].[Na+]. The summed E-state index contributed by atoms with van der Waals surface area (Å²) in [6.45, 7) is 0.